The van der Waals surface area contributed by atoms with E-state index < -0.39 is 0 Å². The van der Waals surface area contributed by atoms with Crippen molar-refractivity contribution in [2.45, 2.75) is 32.2 Å². The average molecular weight is 297 g/mol. The van der Waals surface area contributed by atoms with Gasteiger partial charge in [0.15, 0.2) is 0 Å². The Morgan fingerprint density at radius 3 is 2.70 bits per heavy atom. The number of rotatable bonds is 7. The second-order valence-corrected chi connectivity index (χ2v) is 5.70. The largest absolute Gasteiger partial charge is 0.491 e. The molecule has 0 aliphatic carbocycles. The van der Waals surface area contributed by atoms with Crippen LogP contribution in [0.15, 0.2) is 24.3 Å². The molecule has 1 saturated heterocycles. The minimum atomic E-state index is 0.691. The van der Waals surface area contributed by atoms with Crippen molar-refractivity contribution < 1.29 is 4.74 Å². The number of hydrogen-bond acceptors (Lipinski definition) is 3. The maximum Gasteiger partial charge on any atom is 0.137 e. The van der Waals surface area contributed by atoms with Gasteiger partial charge in [0.2, 0.25) is 0 Å². The second kappa shape index (κ2) is 8.50. The van der Waals surface area contributed by atoms with Crippen LogP contribution in [0.25, 0.3) is 0 Å². The highest BCUT2D eigenvalue weighted by atomic mass is 35.5. The summed E-state index contributed by atoms with van der Waals surface area (Å²) < 4.78 is 5.82. The van der Waals surface area contributed by atoms with Crippen LogP contribution in [0.2, 0.25) is 5.02 Å². The fraction of sp³-hybridized carbons (Fsp3) is 0.625. The first-order valence-electron chi connectivity index (χ1n) is 7.63. The van der Waals surface area contributed by atoms with Crippen LogP contribution in [0.1, 0.15) is 26.2 Å². The Bertz CT molecular complexity index is 394. The maximum atomic E-state index is 6.10. The van der Waals surface area contributed by atoms with E-state index in [9.17, 15) is 0 Å². The summed E-state index contributed by atoms with van der Waals surface area (Å²) in [5.74, 6) is 0.788. The van der Waals surface area contributed by atoms with E-state index in [1.54, 1.807) is 0 Å². The summed E-state index contributed by atoms with van der Waals surface area (Å²) in [5.41, 5.74) is 0. The molecule has 0 aromatic heterocycles. The number of hydrogen-bond donors (Lipinski definition) is 1. The van der Waals surface area contributed by atoms with E-state index in [-0.39, 0.29) is 0 Å². The molecule has 112 valence electrons. The molecule has 2 rings (SSSR count). The molecular weight excluding hydrogens is 272 g/mol. The molecule has 1 fully saturated rings. The molecule has 3 nitrogen and oxygen atoms in total. The second-order valence-electron chi connectivity index (χ2n) is 5.30. The third kappa shape index (κ3) is 4.65. The van der Waals surface area contributed by atoms with Gasteiger partial charge in [-0.25, -0.2) is 0 Å². The molecule has 20 heavy (non-hydrogen) atoms. The number of nitrogens with one attached hydrogen (secondary N) is 1. The van der Waals surface area contributed by atoms with Crippen LogP contribution < -0.4 is 10.1 Å². The van der Waals surface area contributed by atoms with E-state index in [0.29, 0.717) is 17.7 Å². The fourth-order valence-corrected chi connectivity index (χ4v) is 2.96. The summed E-state index contributed by atoms with van der Waals surface area (Å²) in [6, 6.07) is 8.38. The summed E-state index contributed by atoms with van der Waals surface area (Å²) in [5, 5.41) is 4.12. The SMILES string of the molecule is CCCN(CCOc1ccccc1Cl)C1CCNCC1. The smallest absolute Gasteiger partial charge is 0.137 e. The quantitative estimate of drug-likeness (QED) is 0.836. The summed E-state index contributed by atoms with van der Waals surface area (Å²) >= 11 is 6.10. The normalized spacial score (nSPS) is 16.6. The third-order valence-electron chi connectivity index (χ3n) is 3.81. The van der Waals surface area contributed by atoms with Crippen LogP contribution in [-0.2, 0) is 0 Å². The number of piperidine rings is 1. The highest BCUT2D eigenvalue weighted by Crippen LogP contribution is 2.23. The molecule has 0 saturated carbocycles. The minimum absolute atomic E-state index is 0.691. The molecule has 0 amide bonds. The molecule has 1 aliphatic heterocycles. The van der Waals surface area contributed by atoms with E-state index in [1.165, 1.54) is 19.3 Å². The molecular formula is C16H25ClN2O. The van der Waals surface area contributed by atoms with E-state index in [0.717, 1.165) is 31.9 Å². The maximum absolute atomic E-state index is 6.10. The van der Waals surface area contributed by atoms with E-state index in [1.807, 2.05) is 24.3 Å². The molecule has 0 radical (unpaired) electrons. The Kier molecular flexibility index (Phi) is 6.64. The summed E-state index contributed by atoms with van der Waals surface area (Å²) in [4.78, 5) is 2.57. The zero-order valence-corrected chi connectivity index (χ0v) is 13.0. The first kappa shape index (κ1) is 15.6. The lowest BCUT2D eigenvalue weighted by Crippen LogP contribution is -2.45. The van der Waals surface area contributed by atoms with Crippen molar-refractivity contribution in [1.82, 2.24) is 10.2 Å². The van der Waals surface area contributed by atoms with Crippen LogP contribution in [-0.4, -0.2) is 43.7 Å². The van der Waals surface area contributed by atoms with Gasteiger partial charge in [0.25, 0.3) is 0 Å². The predicted molar refractivity (Wildman–Crippen MR) is 84.7 cm³/mol. The molecule has 1 aromatic rings. The van der Waals surface area contributed by atoms with Gasteiger partial charge in [-0.1, -0.05) is 30.7 Å². The summed E-state index contributed by atoms with van der Waals surface area (Å²) in [6.07, 6.45) is 3.67. The van der Waals surface area contributed by atoms with Crippen molar-refractivity contribution in [3.63, 3.8) is 0 Å². The fourth-order valence-electron chi connectivity index (χ4n) is 2.77. The zero-order valence-electron chi connectivity index (χ0n) is 12.3. The Hall–Kier alpha value is -0.770. The Morgan fingerprint density at radius 1 is 1.25 bits per heavy atom. The van der Waals surface area contributed by atoms with Crippen molar-refractivity contribution in [2.24, 2.45) is 0 Å². The number of para-hydroxylation sites is 1. The van der Waals surface area contributed by atoms with Crippen molar-refractivity contribution in [3.8, 4) is 5.75 Å². The van der Waals surface area contributed by atoms with Gasteiger partial charge in [0.05, 0.1) is 5.02 Å². The lowest BCUT2D eigenvalue weighted by molar-refractivity contribution is 0.135. The molecule has 0 unspecified atom stereocenters. The van der Waals surface area contributed by atoms with Crippen LogP contribution >= 0.6 is 11.6 Å². The van der Waals surface area contributed by atoms with Gasteiger partial charge in [-0.05, 0) is 51.0 Å². The summed E-state index contributed by atoms with van der Waals surface area (Å²) in [6.45, 7) is 7.34. The Balaban J connectivity index is 1.81. The van der Waals surface area contributed by atoms with Gasteiger partial charge in [0.1, 0.15) is 12.4 Å². The molecule has 0 bridgehead atoms. The molecule has 4 heteroatoms. The average Bonchev–Trinajstić information content (AvgIpc) is 2.49. The van der Waals surface area contributed by atoms with Crippen molar-refractivity contribution in [3.05, 3.63) is 29.3 Å². The van der Waals surface area contributed by atoms with Gasteiger partial charge in [-0.3, -0.25) is 4.90 Å². The van der Waals surface area contributed by atoms with Crippen molar-refractivity contribution >= 4 is 11.6 Å². The zero-order chi connectivity index (χ0) is 14.2. The molecule has 1 aliphatic rings. The number of halogens is 1. The van der Waals surface area contributed by atoms with Gasteiger partial charge >= 0.3 is 0 Å². The molecule has 0 atom stereocenters. The van der Waals surface area contributed by atoms with Crippen LogP contribution in [0.5, 0.6) is 5.75 Å². The van der Waals surface area contributed by atoms with E-state index in [2.05, 4.69) is 17.1 Å². The third-order valence-corrected chi connectivity index (χ3v) is 4.12. The van der Waals surface area contributed by atoms with Gasteiger partial charge < -0.3 is 10.1 Å². The monoisotopic (exact) mass is 296 g/mol. The molecule has 0 spiro atoms. The van der Waals surface area contributed by atoms with Gasteiger partial charge in [0, 0.05) is 12.6 Å². The first-order chi connectivity index (χ1) is 9.81. The lowest BCUT2D eigenvalue weighted by Gasteiger charge is -2.34. The topological polar surface area (TPSA) is 24.5 Å². The van der Waals surface area contributed by atoms with Gasteiger partial charge in [-0.15, -0.1) is 0 Å². The van der Waals surface area contributed by atoms with Gasteiger partial charge in [-0.2, -0.15) is 0 Å². The van der Waals surface area contributed by atoms with Crippen LogP contribution in [0.4, 0.5) is 0 Å². The molecule has 1 heterocycles. The van der Waals surface area contributed by atoms with E-state index >= 15 is 0 Å². The lowest BCUT2D eigenvalue weighted by atomic mass is 10.0. The van der Waals surface area contributed by atoms with E-state index in [4.69, 9.17) is 16.3 Å². The predicted octanol–water partition coefficient (Wildman–Crippen LogP) is 3.18. The molecule has 1 N–H and O–H groups in total. The minimum Gasteiger partial charge on any atom is -0.491 e. The highest BCUT2D eigenvalue weighted by Gasteiger charge is 2.20. The van der Waals surface area contributed by atoms with Crippen LogP contribution in [0, 0.1) is 0 Å². The Labute approximate surface area is 127 Å². The number of ether oxygens (including phenoxy) is 1. The standard InChI is InChI=1S/C16H25ClN2O/c1-2-11-19(14-7-9-18-10-8-14)12-13-20-16-6-4-3-5-15(16)17/h3-6,14,18H,2,7-13H2,1H3. The number of nitrogens with zero attached hydrogens (tertiary/aromatic N) is 1. The Morgan fingerprint density at radius 2 is 2.00 bits per heavy atom. The van der Waals surface area contributed by atoms with Crippen LogP contribution in [0.3, 0.4) is 0 Å². The highest BCUT2D eigenvalue weighted by molar-refractivity contribution is 6.32. The first-order valence-corrected chi connectivity index (χ1v) is 8.01. The van der Waals surface area contributed by atoms with Crippen molar-refractivity contribution in [2.75, 3.05) is 32.8 Å². The molecule has 1 aromatic carbocycles. The number of benzene rings is 1. The van der Waals surface area contributed by atoms with Crippen molar-refractivity contribution in [1.29, 1.82) is 0 Å². The summed E-state index contributed by atoms with van der Waals surface area (Å²) in [7, 11) is 0.